The number of benzene rings is 2. The highest BCUT2D eigenvalue weighted by Crippen LogP contribution is 2.39. The largest absolute Gasteiger partial charge is 0.320 e. The zero-order valence-electron chi connectivity index (χ0n) is 21.0. The van der Waals surface area contributed by atoms with Crippen molar-refractivity contribution in [3.05, 3.63) is 77.8 Å². The number of carbonyl (C=O) groups excluding carboxylic acids is 2. The van der Waals surface area contributed by atoms with Crippen LogP contribution >= 0.6 is 0 Å². The Morgan fingerprint density at radius 3 is 2.65 bits per heavy atom. The van der Waals surface area contributed by atoms with Gasteiger partial charge in [-0.3, -0.25) is 19.6 Å². The van der Waals surface area contributed by atoms with Crippen molar-refractivity contribution in [3.8, 4) is 11.1 Å². The number of likely N-dealkylation sites (tertiary alicyclic amines) is 1. The molecule has 1 aromatic heterocycles. The summed E-state index contributed by atoms with van der Waals surface area (Å²) in [5.74, 6) is -0.386. The normalized spacial score (nSPS) is 16.7. The second kappa shape index (κ2) is 11.1. The first-order chi connectivity index (χ1) is 18.0. The second-order valence-corrected chi connectivity index (χ2v) is 9.91. The van der Waals surface area contributed by atoms with E-state index in [1.807, 2.05) is 43.3 Å². The molecule has 0 spiro atoms. The van der Waals surface area contributed by atoms with Gasteiger partial charge in [0.25, 0.3) is 0 Å². The van der Waals surface area contributed by atoms with Crippen molar-refractivity contribution in [2.24, 2.45) is 0 Å². The molecule has 1 saturated carbocycles. The van der Waals surface area contributed by atoms with Crippen LogP contribution in [-0.2, 0) is 9.59 Å². The van der Waals surface area contributed by atoms with Crippen LogP contribution in [-0.4, -0.2) is 46.5 Å². The first-order valence-corrected chi connectivity index (χ1v) is 12.9. The fourth-order valence-corrected chi connectivity index (χ4v) is 4.62. The van der Waals surface area contributed by atoms with Crippen molar-refractivity contribution in [3.63, 3.8) is 0 Å². The lowest BCUT2D eigenvalue weighted by atomic mass is 9.95. The van der Waals surface area contributed by atoms with Crippen LogP contribution in [0.1, 0.15) is 55.7 Å². The van der Waals surface area contributed by atoms with E-state index in [1.54, 1.807) is 12.1 Å². The summed E-state index contributed by atoms with van der Waals surface area (Å²) in [6, 6.07) is 14.1. The molecule has 7 nitrogen and oxygen atoms in total. The lowest BCUT2D eigenvalue weighted by Gasteiger charge is -2.13. The molecule has 1 atom stereocenters. The minimum atomic E-state index is -0.514. The van der Waals surface area contributed by atoms with Crippen LogP contribution in [0.2, 0.25) is 0 Å². The zero-order chi connectivity index (χ0) is 25.8. The molecule has 1 unspecified atom stereocenters. The van der Waals surface area contributed by atoms with Crippen molar-refractivity contribution in [2.75, 3.05) is 30.3 Å². The monoisotopic (exact) mass is 501 g/mol. The average molecular weight is 502 g/mol. The second-order valence-electron chi connectivity index (χ2n) is 9.91. The Kier molecular flexibility index (Phi) is 7.46. The smallest absolute Gasteiger partial charge is 0.248 e. The third-order valence-electron chi connectivity index (χ3n) is 7.04. The summed E-state index contributed by atoms with van der Waals surface area (Å²) in [6.07, 6.45) is 7.97. The number of nitrogens with one attached hydrogen (secondary N) is 3. The number of amides is 2. The number of nitrogens with zero attached hydrogens (tertiary/aromatic N) is 2. The summed E-state index contributed by atoms with van der Waals surface area (Å²) in [5, 5.41) is 12.7. The molecule has 2 amide bonds. The molecule has 1 aliphatic heterocycles. The van der Waals surface area contributed by atoms with Gasteiger partial charge in [0.2, 0.25) is 11.8 Å². The predicted molar refractivity (Wildman–Crippen MR) is 143 cm³/mol. The molecule has 2 aliphatic rings. The number of hydrogen-bond acceptors (Lipinski definition) is 4. The summed E-state index contributed by atoms with van der Waals surface area (Å²) in [5.41, 5.74) is 3.46. The van der Waals surface area contributed by atoms with E-state index in [0.717, 1.165) is 49.3 Å². The summed E-state index contributed by atoms with van der Waals surface area (Å²) >= 11 is 0. The number of H-pyrrole nitrogens is 1. The predicted octanol–water partition coefficient (Wildman–Crippen LogP) is 5.43. The van der Waals surface area contributed by atoms with Gasteiger partial charge in [0.05, 0.1) is 11.6 Å². The van der Waals surface area contributed by atoms with Gasteiger partial charge in [-0.25, -0.2) is 4.39 Å². The molecule has 3 N–H and O–H groups in total. The quantitative estimate of drug-likeness (QED) is 0.341. The van der Waals surface area contributed by atoms with Gasteiger partial charge < -0.3 is 10.6 Å². The van der Waals surface area contributed by atoms with E-state index in [1.165, 1.54) is 25.0 Å². The van der Waals surface area contributed by atoms with Gasteiger partial charge in [-0.2, -0.15) is 5.10 Å². The van der Waals surface area contributed by atoms with Crippen LogP contribution in [0.5, 0.6) is 0 Å². The maximum absolute atomic E-state index is 14.8. The Morgan fingerprint density at radius 1 is 1.11 bits per heavy atom. The van der Waals surface area contributed by atoms with Crippen molar-refractivity contribution < 1.29 is 14.0 Å². The van der Waals surface area contributed by atoms with Crippen molar-refractivity contribution in [1.82, 2.24) is 15.1 Å². The third kappa shape index (κ3) is 6.32. The van der Waals surface area contributed by atoms with E-state index < -0.39 is 11.7 Å². The summed E-state index contributed by atoms with van der Waals surface area (Å²) in [6.45, 7) is 4.67. The third-order valence-corrected chi connectivity index (χ3v) is 7.04. The molecule has 0 radical (unpaired) electrons. The van der Waals surface area contributed by atoms with E-state index in [2.05, 4.69) is 25.7 Å². The highest BCUT2D eigenvalue weighted by molar-refractivity contribution is 5.99. The summed E-state index contributed by atoms with van der Waals surface area (Å²) < 4.78 is 14.8. The standard InChI is InChI=1S/C29H32FN5O2/c1-19(29(37)32-27-18-26(33-34-27)20-9-10-20)21-6-4-7-22(16-21)23-11-12-25(24(30)17-23)31-28(36)8-5-15-35-13-2-3-14-35/h4-8,11-12,16-20H,2-3,9-10,13-15H2,1H3,(H,31,36)(H2,32,33,34,37)/b8-5+. The van der Waals surface area contributed by atoms with E-state index in [9.17, 15) is 14.0 Å². The highest BCUT2D eigenvalue weighted by Gasteiger charge is 2.26. The highest BCUT2D eigenvalue weighted by atomic mass is 19.1. The topological polar surface area (TPSA) is 90.1 Å². The molecule has 2 fully saturated rings. The van der Waals surface area contributed by atoms with E-state index in [4.69, 9.17) is 0 Å². The Hall–Kier alpha value is -3.78. The maximum Gasteiger partial charge on any atom is 0.248 e. The fraction of sp³-hybridized carbons (Fsp3) is 0.345. The van der Waals surface area contributed by atoms with E-state index in [0.29, 0.717) is 17.3 Å². The molecule has 2 aromatic carbocycles. The number of halogens is 1. The van der Waals surface area contributed by atoms with Crippen molar-refractivity contribution >= 4 is 23.3 Å². The van der Waals surface area contributed by atoms with E-state index in [-0.39, 0.29) is 17.5 Å². The molecule has 1 aliphatic carbocycles. The number of anilines is 2. The summed E-state index contributed by atoms with van der Waals surface area (Å²) in [7, 11) is 0. The lowest BCUT2D eigenvalue weighted by molar-refractivity contribution is -0.117. The number of rotatable bonds is 9. The van der Waals surface area contributed by atoms with Crippen LogP contribution in [0.4, 0.5) is 15.9 Å². The molecule has 5 rings (SSSR count). The van der Waals surface area contributed by atoms with Gasteiger partial charge in [0.15, 0.2) is 5.82 Å². The minimum absolute atomic E-state index is 0.132. The molecular formula is C29H32FN5O2. The average Bonchev–Trinajstić information content (AvgIpc) is 3.41. The molecule has 2 heterocycles. The van der Waals surface area contributed by atoms with Crippen molar-refractivity contribution in [2.45, 2.75) is 44.4 Å². The maximum atomic E-state index is 14.8. The molecule has 192 valence electrons. The van der Waals surface area contributed by atoms with Crippen LogP contribution in [0.3, 0.4) is 0 Å². The Labute approximate surface area is 216 Å². The van der Waals surface area contributed by atoms with Crippen molar-refractivity contribution in [1.29, 1.82) is 0 Å². The fourth-order valence-electron chi connectivity index (χ4n) is 4.62. The molecule has 8 heteroatoms. The van der Waals surface area contributed by atoms with Gasteiger partial charge in [0, 0.05) is 30.3 Å². The SMILES string of the molecule is CC(C(=O)Nc1cc(C2CC2)[nH]n1)c1cccc(-c2ccc(NC(=O)/C=C/CN3CCCC3)c(F)c2)c1. The van der Waals surface area contributed by atoms with Gasteiger partial charge in [0.1, 0.15) is 5.82 Å². The van der Waals surface area contributed by atoms with Crippen LogP contribution < -0.4 is 10.6 Å². The van der Waals surface area contributed by atoms with Gasteiger partial charge >= 0.3 is 0 Å². The van der Waals surface area contributed by atoms with Crippen LogP contribution in [0.25, 0.3) is 11.1 Å². The van der Waals surface area contributed by atoms with Crippen LogP contribution in [0, 0.1) is 5.82 Å². The van der Waals surface area contributed by atoms with Gasteiger partial charge in [-0.05, 0) is 74.5 Å². The number of carbonyl (C=O) groups is 2. The lowest BCUT2D eigenvalue weighted by Crippen LogP contribution is -2.19. The minimum Gasteiger partial charge on any atom is -0.320 e. The first kappa shape index (κ1) is 24.9. The summed E-state index contributed by atoms with van der Waals surface area (Å²) in [4.78, 5) is 27.3. The Bertz CT molecular complexity index is 1310. The Morgan fingerprint density at radius 2 is 1.89 bits per heavy atom. The van der Waals surface area contributed by atoms with Crippen LogP contribution in [0.15, 0.2) is 60.7 Å². The first-order valence-electron chi connectivity index (χ1n) is 12.9. The van der Waals surface area contributed by atoms with Gasteiger partial charge in [-0.1, -0.05) is 36.4 Å². The molecular weight excluding hydrogens is 469 g/mol. The molecule has 1 saturated heterocycles. The van der Waals surface area contributed by atoms with E-state index >= 15 is 0 Å². The molecule has 3 aromatic rings. The van der Waals surface area contributed by atoms with Gasteiger partial charge in [-0.15, -0.1) is 0 Å². The Balaban J connectivity index is 1.21. The number of hydrogen-bond donors (Lipinski definition) is 3. The number of aromatic amines is 1. The molecule has 0 bridgehead atoms. The number of aromatic nitrogens is 2. The zero-order valence-corrected chi connectivity index (χ0v) is 21.0. The molecule has 37 heavy (non-hydrogen) atoms.